The third-order valence-corrected chi connectivity index (χ3v) is 15.2. The first-order valence-corrected chi connectivity index (χ1v) is 23.2. The van der Waals surface area contributed by atoms with Gasteiger partial charge in [-0.2, -0.15) is 0 Å². The van der Waals surface area contributed by atoms with E-state index in [0.717, 1.165) is 32.9 Å². The molecule has 0 aliphatic carbocycles. The number of hydrogen-bond acceptors (Lipinski definition) is 7. The first-order valence-electron chi connectivity index (χ1n) is 18.8. The summed E-state index contributed by atoms with van der Waals surface area (Å²) in [5, 5.41) is 2.45. The van der Waals surface area contributed by atoms with E-state index >= 15 is 0 Å². The summed E-state index contributed by atoms with van der Waals surface area (Å²) in [5.41, 5.74) is 11.0. The molecule has 0 radical (unpaired) electrons. The summed E-state index contributed by atoms with van der Waals surface area (Å²) >= 11 is 2.48. The maximum Gasteiger partial charge on any atom is 0.225 e. The van der Waals surface area contributed by atoms with E-state index in [0.29, 0.717) is 12.1 Å². The van der Waals surface area contributed by atoms with E-state index in [1.54, 1.807) is 4.13 Å². The summed E-state index contributed by atoms with van der Waals surface area (Å²) in [6, 6.07) is 45.0. The number of rotatable bonds is 11. The number of para-hydroxylation sites is 1. The molecule has 1 N–H and O–H groups in total. The maximum atomic E-state index is 12.3. The predicted octanol–water partition coefficient (Wildman–Crippen LogP) is 9.66. The molecule has 1 saturated heterocycles. The average molecular weight is 899 g/mol. The Labute approximate surface area is 345 Å². The first-order chi connectivity index (χ1) is 26.8. The third kappa shape index (κ3) is 8.32. The predicted molar refractivity (Wildman–Crippen MR) is 241 cm³/mol. The van der Waals surface area contributed by atoms with E-state index in [2.05, 4.69) is 169 Å². The number of sulfonamides is 2. The van der Waals surface area contributed by atoms with Crippen molar-refractivity contribution in [1.82, 2.24) is 4.13 Å². The van der Waals surface area contributed by atoms with E-state index < -0.39 is 26.0 Å². The van der Waals surface area contributed by atoms with Crippen LogP contribution in [-0.4, -0.2) is 55.5 Å². The number of anilines is 5. The van der Waals surface area contributed by atoms with Gasteiger partial charge in [0.25, 0.3) is 0 Å². The van der Waals surface area contributed by atoms with E-state index in [1.807, 2.05) is 30.3 Å². The van der Waals surface area contributed by atoms with E-state index in [1.165, 1.54) is 38.7 Å². The zero-order chi connectivity index (χ0) is 39.8. The Morgan fingerprint density at radius 1 is 0.643 bits per heavy atom. The molecule has 8 nitrogen and oxygen atoms in total. The molecule has 0 aromatic heterocycles. The van der Waals surface area contributed by atoms with Gasteiger partial charge in [-0.3, -0.25) is 0 Å². The topological polar surface area (TPSA) is 90.0 Å². The van der Waals surface area contributed by atoms with Gasteiger partial charge in [-0.05, 0) is 132 Å². The van der Waals surface area contributed by atoms with Crippen molar-refractivity contribution >= 4 is 81.8 Å². The fourth-order valence-electron chi connectivity index (χ4n) is 8.00. The molecule has 0 bridgehead atoms. The molecule has 6 aromatic rings. The van der Waals surface area contributed by atoms with Crippen LogP contribution in [0.15, 0.2) is 127 Å². The van der Waals surface area contributed by atoms with E-state index in [-0.39, 0.29) is 17.4 Å². The van der Waals surface area contributed by atoms with Crippen molar-refractivity contribution in [2.75, 3.05) is 53.4 Å². The molecule has 56 heavy (non-hydrogen) atoms. The normalized spacial score (nSPS) is 15.7. The number of nitrogens with zero attached hydrogens (tertiary/aromatic N) is 3. The van der Waals surface area contributed by atoms with Gasteiger partial charge in [-0.15, -0.1) is 4.13 Å². The van der Waals surface area contributed by atoms with Crippen LogP contribution in [0.2, 0.25) is 0 Å². The molecule has 1 fully saturated rings. The molecule has 6 aromatic carbocycles. The van der Waals surface area contributed by atoms with Crippen molar-refractivity contribution < 1.29 is 16.8 Å². The van der Waals surface area contributed by atoms with Crippen LogP contribution in [0.4, 0.5) is 28.4 Å². The van der Waals surface area contributed by atoms with E-state index in [9.17, 15) is 16.8 Å². The van der Waals surface area contributed by atoms with Crippen LogP contribution in [-0.2, 0) is 20.0 Å². The largest absolute Gasteiger partial charge is 0.377 e. The maximum absolute atomic E-state index is 12.3. The van der Waals surface area contributed by atoms with Crippen LogP contribution in [0.1, 0.15) is 53.5 Å². The molecule has 1 atom stereocenters. The molecule has 0 spiro atoms. The molecule has 1 aliphatic heterocycles. The van der Waals surface area contributed by atoms with Crippen molar-refractivity contribution in [3.8, 4) is 0 Å². The SMILES string of the molecule is CCN(c1ccccc1)c1ccc(C(c2ccc(N(CC)c3ccc(C4CS(=O)(=O)NS(=O)(=O)C4)cc3)cc2I)c2ccc(N(C)C)c3cc(C)ccc23)cc1. The van der Waals surface area contributed by atoms with Crippen molar-refractivity contribution in [2.45, 2.75) is 32.6 Å². The molecular weight excluding hydrogens is 852 g/mol. The van der Waals surface area contributed by atoms with Crippen LogP contribution in [0.25, 0.3) is 10.8 Å². The molecule has 1 heterocycles. The zero-order valence-corrected chi connectivity index (χ0v) is 36.1. The van der Waals surface area contributed by atoms with E-state index in [4.69, 9.17) is 0 Å². The summed E-state index contributed by atoms with van der Waals surface area (Å²) in [6.45, 7) is 7.96. The van der Waals surface area contributed by atoms with Crippen molar-refractivity contribution in [2.24, 2.45) is 0 Å². The number of fused-ring (bicyclic) bond motifs is 1. The standard InChI is InChI=1S/C45H47IN4O4S2/c1-6-49(35-11-9-8-10-12-35)36-20-16-33(17-21-36)45(40-25-26-44(48(4)5)42-27-31(3)13-23-39(40)42)41-24-22-38(28-43(41)46)50(7-2)37-18-14-32(15-19-37)34-29-55(51,52)47-56(53,54)30-34/h8-28,34,45,47H,6-7,29-30H2,1-5H3. The minimum absolute atomic E-state index is 0.0508. The van der Waals surface area contributed by atoms with Crippen LogP contribution in [0, 0.1) is 10.5 Å². The van der Waals surface area contributed by atoms with Gasteiger partial charge in [-0.25, -0.2) is 16.8 Å². The number of hydrogen-bond donors (Lipinski definition) is 1. The van der Waals surface area contributed by atoms with Gasteiger partial charge in [-0.1, -0.05) is 72.3 Å². The average Bonchev–Trinajstić information content (AvgIpc) is 3.16. The van der Waals surface area contributed by atoms with Gasteiger partial charge < -0.3 is 14.7 Å². The Balaban J connectivity index is 1.28. The Bertz CT molecular complexity index is 2550. The molecule has 0 saturated carbocycles. The highest BCUT2D eigenvalue weighted by atomic mass is 127. The van der Waals surface area contributed by atoms with Gasteiger partial charge >= 0.3 is 0 Å². The van der Waals surface area contributed by atoms with Crippen LogP contribution in [0.5, 0.6) is 0 Å². The zero-order valence-electron chi connectivity index (χ0n) is 32.3. The quantitative estimate of drug-likeness (QED) is 0.102. The minimum Gasteiger partial charge on any atom is -0.377 e. The first kappa shape index (κ1) is 39.8. The fourth-order valence-corrected chi connectivity index (χ4v) is 12.7. The summed E-state index contributed by atoms with van der Waals surface area (Å²) in [5.74, 6) is -1.20. The second-order valence-corrected chi connectivity index (χ2v) is 19.6. The monoisotopic (exact) mass is 898 g/mol. The summed E-state index contributed by atoms with van der Waals surface area (Å²) in [7, 11) is -3.63. The molecule has 0 amide bonds. The molecule has 1 aliphatic rings. The van der Waals surface area contributed by atoms with Crippen LogP contribution in [0.3, 0.4) is 0 Å². The number of nitrogens with one attached hydrogen (secondary N) is 1. The molecule has 290 valence electrons. The second-order valence-electron chi connectivity index (χ2n) is 14.6. The van der Waals surface area contributed by atoms with Gasteiger partial charge in [0.15, 0.2) is 0 Å². The summed E-state index contributed by atoms with van der Waals surface area (Å²) < 4.78 is 52.0. The molecule has 1 unspecified atom stereocenters. The second kappa shape index (κ2) is 16.2. The smallest absolute Gasteiger partial charge is 0.225 e. The van der Waals surface area contributed by atoms with Gasteiger partial charge in [0, 0.05) is 76.4 Å². The van der Waals surface area contributed by atoms with Crippen LogP contribution < -0.4 is 18.8 Å². The number of halogens is 1. The van der Waals surface area contributed by atoms with Crippen LogP contribution >= 0.6 is 22.6 Å². The van der Waals surface area contributed by atoms with Crippen molar-refractivity contribution in [1.29, 1.82) is 0 Å². The fraction of sp³-hybridized carbons (Fsp3) is 0.244. The summed E-state index contributed by atoms with van der Waals surface area (Å²) in [6.07, 6.45) is 0. The lowest BCUT2D eigenvalue weighted by Gasteiger charge is -2.28. The van der Waals surface area contributed by atoms with Gasteiger partial charge in [0.05, 0.1) is 11.5 Å². The number of benzene rings is 6. The molecule has 11 heteroatoms. The highest BCUT2D eigenvalue weighted by molar-refractivity contribution is 14.1. The Hall–Kier alpha value is -4.43. The Morgan fingerprint density at radius 2 is 1.20 bits per heavy atom. The Morgan fingerprint density at radius 3 is 1.79 bits per heavy atom. The molecular formula is C45H47IN4O4S2. The van der Waals surface area contributed by atoms with Gasteiger partial charge in [0.1, 0.15) is 0 Å². The third-order valence-electron chi connectivity index (χ3n) is 10.6. The minimum atomic E-state index is -3.91. The summed E-state index contributed by atoms with van der Waals surface area (Å²) in [4.78, 5) is 6.71. The lowest BCUT2D eigenvalue weighted by molar-refractivity contribution is 0.560. The van der Waals surface area contributed by atoms with Crippen molar-refractivity contribution in [3.63, 3.8) is 0 Å². The lowest BCUT2D eigenvalue weighted by Crippen LogP contribution is -2.43. The van der Waals surface area contributed by atoms with Gasteiger partial charge in [0.2, 0.25) is 20.0 Å². The highest BCUT2D eigenvalue weighted by Gasteiger charge is 2.35. The highest BCUT2D eigenvalue weighted by Crippen LogP contribution is 2.43. The lowest BCUT2D eigenvalue weighted by atomic mass is 9.82. The van der Waals surface area contributed by atoms with Crippen molar-refractivity contribution in [3.05, 3.63) is 159 Å². The number of aryl methyl sites for hydroxylation is 1. The Kier molecular flexibility index (Phi) is 11.5. The molecule has 7 rings (SSSR count).